The van der Waals surface area contributed by atoms with Crippen LogP contribution in [0.15, 0.2) is 36.4 Å². The van der Waals surface area contributed by atoms with Crippen LogP contribution in [0.1, 0.15) is 49.8 Å². The lowest BCUT2D eigenvalue weighted by Gasteiger charge is -2.16. The van der Waals surface area contributed by atoms with Crippen molar-refractivity contribution >= 4 is 17.5 Å². The molecule has 2 aromatic rings. The first kappa shape index (κ1) is 18.2. The molecule has 3 rings (SSSR count). The van der Waals surface area contributed by atoms with E-state index in [4.69, 9.17) is 5.73 Å². The monoisotopic (exact) mass is 354 g/mol. The molecule has 1 saturated carbocycles. The second kappa shape index (κ2) is 8.17. The standard InChI is InChI=1S/C20H26N4O2/c1-13(18(25)10-9-17-12-19(21)24-23-17)22-20(26)16-8-7-15(11-16)14-5-3-2-4-6-14/h2-6,12-13,15-16H,7-11H2,1H3,(H,22,26)(H3,21,23,24)/t13-,15+,16+/m0/s1. The summed E-state index contributed by atoms with van der Waals surface area (Å²) in [5.41, 5.74) is 7.68. The fourth-order valence-corrected chi connectivity index (χ4v) is 3.64. The van der Waals surface area contributed by atoms with Crippen LogP contribution in [0.2, 0.25) is 0 Å². The van der Waals surface area contributed by atoms with Gasteiger partial charge in [-0.2, -0.15) is 5.10 Å². The molecular weight excluding hydrogens is 328 g/mol. The SMILES string of the molecule is C[C@H](NC(=O)[C@@H]1CC[C@@H](c2ccccc2)C1)C(=O)CCc1cc(N)n[nH]1. The number of aromatic amines is 1. The molecule has 1 amide bonds. The Bertz CT molecular complexity index is 756. The molecule has 0 spiro atoms. The molecule has 1 aromatic carbocycles. The van der Waals surface area contributed by atoms with Crippen molar-refractivity contribution in [3.63, 3.8) is 0 Å². The number of Topliss-reactive ketones (excluding diaryl/α,β-unsaturated/α-hetero) is 1. The van der Waals surface area contributed by atoms with E-state index in [0.717, 1.165) is 25.0 Å². The highest BCUT2D eigenvalue weighted by Gasteiger charge is 2.31. The number of carbonyl (C=O) groups excluding carboxylic acids is 2. The molecule has 6 heteroatoms. The van der Waals surface area contributed by atoms with Gasteiger partial charge in [0.2, 0.25) is 5.91 Å². The Morgan fingerprint density at radius 3 is 2.77 bits per heavy atom. The summed E-state index contributed by atoms with van der Waals surface area (Å²) < 4.78 is 0. The Balaban J connectivity index is 1.46. The number of nitrogens with zero attached hydrogens (tertiary/aromatic N) is 1. The van der Waals surface area contributed by atoms with Crippen molar-refractivity contribution in [1.29, 1.82) is 0 Å². The molecule has 1 aliphatic rings. The van der Waals surface area contributed by atoms with Crippen molar-refractivity contribution < 1.29 is 9.59 Å². The maximum absolute atomic E-state index is 12.5. The first-order valence-corrected chi connectivity index (χ1v) is 9.20. The third-order valence-corrected chi connectivity index (χ3v) is 5.21. The third-order valence-electron chi connectivity index (χ3n) is 5.21. The summed E-state index contributed by atoms with van der Waals surface area (Å²) in [6.45, 7) is 1.76. The largest absolute Gasteiger partial charge is 0.382 e. The molecule has 1 fully saturated rings. The van der Waals surface area contributed by atoms with Crippen molar-refractivity contribution in [2.24, 2.45) is 5.92 Å². The van der Waals surface area contributed by atoms with Crippen LogP contribution in [-0.4, -0.2) is 27.9 Å². The first-order valence-electron chi connectivity index (χ1n) is 9.20. The lowest BCUT2D eigenvalue weighted by molar-refractivity contribution is -0.129. The quantitative estimate of drug-likeness (QED) is 0.711. The zero-order valence-electron chi connectivity index (χ0n) is 15.1. The molecular formula is C20H26N4O2. The summed E-state index contributed by atoms with van der Waals surface area (Å²) in [7, 11) is 0. The molecule has 26 heavy (non-hydrogen) atoms. The molecule has 138 valence electrons. The predicted molar refractivity (Wildman–Crippen MR) is 100 cm³/mol. The Hall–Kier alpha value is -2.63. The number of H-pyrrole nitrogens is 1. The number of rotatable bonds is 7. The Morgan fingerprint density at radius 2 is 2.08 bits per heavy atom. The number of ketones is 1. The summed E-state index contributed by atoms with van der Waals surface area (Å²) in [6, 6.07) is 11.6. The fraction of sp³-hybridized carbons (Fsp3) is 0.450. The van der Waals surface area contributed by atoms with Crippen LogP contribution in [0.25, 0.3) is 0 Å². The van der Waals surface area contributed by atoms with Crippen LogP contribution in [0, 0.1) is 5.92 Å². The number of anilines is 1. The van der Waals surface area contributed by atoms with Crippen LogP contribution in [-0.2, 0) is 16.0 Å². The summed E-state index contributed by atoms with van der Waals surface area (Å²) in [6.07, 6.45) is 3.64. The molecule has 0 aliphatic heterocycles. The number of nitrogens with two attached hydrogens (primary N) is 1. The van der Waals surface area contributed by atoms with Gasteiger partial charge >= 0.3 is 0 Å². The van der Waals surface area contributed by atoms with E-state index in [0.29, 0.717) is 24.6 Å². The minimum absolute atomic E-state index is 0.00457. The summed E-state index contributed by atoms with van der Waals surface area (Å²) in [5, 5.41) is 9.53. The summed E-state index contributed by atoms with van der Waals surface area (Å²) >= 11 is 0. The molecule has 0 bridgehead atoms. The Labute approximate surface area is 153 Å². The molecule has 1 aliphatic carbocycles. The van der Waals surface area contributed by atoms with E-state index >= 15 is 0 Å². The van der Waals surface area contributed by atoms with Gasteiger partial charge in [0.25, 0.3) is 0 Å². The molecule has 4 N–H and O–H groups in total. The van der Waals surface area contributed by atoms with Gasteiger partial charge in [0.15, 0.2) is 5.78 Å². The highest BCUT2D eigenvalue weighted by atomic mass is 16.2. The number of hydrogen-bond acceptors (Lipinski definition) is 4. The summed E-state index contributed by atoms with van der Waals surface area (Å²) in [5.74, 6) is 0.855. The number of hydrogen-bond donors (Lipinski definition) is 3. The van der Waals surface area contributed by atoms with Gasteiger partial charge in [-0.15, -0.1) is 0 Å². The van der Waals surface area contributed by atoms with Crippen molar-refractivity contribution in [3.8, 4) is 0 Å². The van der Waals surface area contributed by atoms with E-state index in [1.165, 1.54) is 5.56 Å². The zero-order valence-corrected chi connectivity index (χ0v) is 15.1. The number of carbonyl (C=O) groups is 2. The maximum atomic E-state index is 12.5. The van der Waals surface area contributed by atoms with Gasteiger partial charge < -0.3 is 11.1 Å². The highest BCUT2D eigenvalue weighted by molar-refractivity contribution is 5.89. The van der Waals surface area contributed by atoms with Crippen LogP contribution in [0.3, 0.4) is 0 Å². The summed E-state index contributed by atoms with van der Waals surface area (Å²) in [4.78, 5) is 24.8. The molecule has 0 saturated heterocycles. The lowest BCUT2D eigenvalue weighted by atomic mass is 9.96. The molecule has 0 unspecified atom stereocenters. The third kappa shape index (κ3) is 4.50. The second-order valence-corrected chi connectivity index (χ2v) is 7.13. The van der Waals surface area contributed by atoms with Crippen LogP contribution < -0.4 is 11.1 Å². The van der Waals surface area contributed by atoms with Gasteiger partial charge in [-0.05, 0) is 44.1 Å². The topological polar surface area (TPSA) is 101 Å². The molecule has 6 nitrogen and oxygen atoms in total. The van der Waals surface area contributed by atoms with Crippen LogP contribution in [0.5, 0.6) is 0 Å². The minimum Gasteiger partial charge on any atom is -0.382 e. The van der Waals surface area contributed by atoms with E-state index < -0.39 is 6.04 Å². The van der Waals surface area contributed by atoms with Crippen LogP contribution in [0.4, 0.5) is 5.82 Å². The average Bonchev–Trinajstić information content (AvgIpc) is 3.29. The van der Waals surface area contributed by atoms with Crippen molar-refractivity contribution in [2.45, 2.75) is 51.0 Å². The van der Waals surface area contributed by atoms with E-state index in [2.05, 4.69) is 27.6 Å². The predicted octanol–water partition coefficient (Wildman–Crippen LogP) is 2.58. The smallest absolute Gasteiger partial charge is 0.223 e. The molecule has 3 atom stereocenters. The van der Waals surface area contributed by atoms with Crippen molar-refractivity contribution in [1.82, 2.24) is 15.5 Å². The van der Waals surface area contributed by atoms with E-state index in [-0.39, 0.29) is 17.6 Å². The van der Waals surface area contributed by atoms with E-state index in [1.54, 1.807) is 13.0 Å². The Morgan fingerprint density at radius 1 is 1.31 bits per heavy atom. The molecule has 1 heterocycles. The van der Waals surface area contributed by atoms with Gasteiger partial charge in [-0.25, -0.2) is 0 Å². The number of amides is 1. The van der Waals surface area contributed by atoms with Gasteiger partial charge in [0, 0.05) is 24.1 Å². The van der Waals surface area contributed by atoms with Crippen molar-refractivity contribution in [3.05, 3.63) is 47.7 Å². The average molecular weight is 354 g/mol. The van der Waals surface area contributed by atoms with E-state index in [9.17, 15) is 9.59 Å². The van der Waals surface area contributed by atoms with Gasteiger partial charge in [0.05, 0.1) is 6.04 Å². The normalized spacial score (nSPS) is 20.7. The molecule has 0 radical (unpaired) electrons. The van der Waals surface area contributed by atoms with Gasteiger partial charge in [-0.1, -0.05) is 30.3 Å². The lowest BCUT2D eigenvalue weighted by Crippen LogP contribution is -2.41. The van der Waals surface area contributed by atoms with E-state index in [1.807, 2.05) is 18.2 Å². The minimum atomic E-state index is -0.474. The molecule has 1 aromatic heterocycles. The number of nitrogens with one attached hydrogen (secondary N) is 2. The Kier molecular flexibility index (Phi) is 5.71. The van der Waals surface area contributed by atoms with Gasteiger partial charge in [-0.3, -0.25) is 14.7 Å². The number of benzene rings is 1. The second-order valence-electron chi connectivity index (χ2n) is 7.13. The first-order chi connectivity index (χ1) is 12.5. The number of aromatic nitrogens is 2. The van der Waals surface area contributed by atoms with Gasteiger partial charge in [0.1, 0.15) is 5.82 Å². The van der Waals surface area contributed by atoms with Crippen molar-refractivity contribution in [2.75, 3.05) is 5.73 Å². The van der Waals surface area contributed by atoms with Crippen LogP contribution >= 0.6 is 0 Å². The zero-order chi connectivity index (χ0) is 18.5. The number of nitrogen functional groups attached to an aromatic ring is 1. The number of aryl methyl sites for hydroxylation is 1. The highest BCUT2D eigenvalue weighted by Crippen LogP contribution is 2.38. The fourth-order valence-electron chi connectivity index (χ4n) is 3.64. The maximum Gasteiger partial charge on any atom is 0.223 e.